The second-order valence-electron chi connectivity index (χ2n) is 7.12. The third-order valence-corrected chi connectivity index (χ3v) is 5.12. The predicted octanol–water partition coefficient (Wildman–Crippen LogP) is 5.20. The summed E-state index contributed by atoms with van der Waals surface area (Å²) in [5.41, 5.74) is 1.30. The fourth-order valence-corrected chi connectivity index (χ4v) is 3.66. The van der Waals surface area contributed by atoms with Gasteiger partial charge in [-0.2, -0.15) is 0 Å². The van der Waals surface area contributed by atoms with Gasteiger partial charge in [-0.25, -0.2) is 4.98 Å². The fraction of sp³-hybridized carbons (Fsp3) is 0.0800. The zero-order valence-corrected chi connectivity index (χ0v) is 17.0. The first-order chi connectivity index (χ1) is 15.6. The van der Waals surface area contributed by atoms with Crippen molar-refractivity contribution in [2.24, 2.45) is 0 Å². The van der Waals surface area contributed by atoms with Crippen LogP contribution in [0.4, 0.5) is 11.5 Å². The minimum Gasteiger partial charge on any atom is -0.362 e. The molecular formula is C25H20N4O3. The Morgan fingerprint density at radius 2 is 1.47 bits per heavy atom. The molecule has 0 saturated carbocycles. The number of carbonyl (C=O) groups excluding carboxylic acids is 1. The summed E-state index contributed by atoms with van der Waals surface area (Å²) < 4.78 is 0. The molecule has 0 fully saturated rings. The number of hydrogen-bond acceptors (Lipinski definition) is 6. The number of nitro benzene ring substituents is 1. The van der Waals surface area contributed by atoms with E-state index >= 15 is 0 Å². The van der Waals surface area contributed by atoms with Gasteiger partial charge >= 0.3 is 0 Å². The number of benzene rings is 2. The Bertz CT molecular complexity index is 1200. The summed E-state index contributed by atoms with van der Waals surface area (Å²) in [5.74, 6) is -0.532. The first-order valence-electron chi connectivity index (χ1n) is 10.1. The molecule has 7 nitrogen and oxygen atoms in total. The van der Waals surface area contributed by atoms with Crippen molar-refractivity contribution in [2.45, 2.75) is 12.0 Å². The van der Waals surface area contributed by atoms with Crippen LogP contribution >= 0.6 is 0 Å². The SMILES string of the molecule is O=C(c1ccccc1)[C@H](c1ccccn1)[C@@H](Nc1ccccn1)c1ccccc1[N+](=O)[O-]. The maximum absolute atomic E-state index is 13.8. The molecule has 0 spiro atoms. The van der Waals surface area contributed by atoms with E-state index in [1.807, 2.05) is 6.07 Å². The third-order valence-electron chi connectivity index (χ3n) is 5.12. The van der Waals surface area contributed by atoms with E-state index in [0.717, 1.165) is 0 Å². The number of nitrogens with one attached hydrogen (secondary N) is 1. The number of hydrogen-bond donors (Lipinski definition) is 1. The number of aromatic nitrogens is 2. The normalized spacial score (nSPS) is 12.5. The van der Waals surface area contributed by atoms with E-state index < -0.39 is 16.9 Å². The molecule has 0 amide bonds. The van der Waals surface area contributed by atoms with Crippen LogP contribution in [0.5, 0.6) is 0 Å². The maximum Gasteiger partial charge on any atom is 0.274 e. The van der Waals surface area contributed by atoms with Crippen LogP contribution in [0.3, 0.4) is 0 Å². The van der Waals surface area contributed by atoms with Gasteiger partial charge in [-0.15, -0.1) is 0 Å². The Morgan fingerprint density at radius 1 is 0.812 bits per heavy atom. The zero-order valence-electron chi connectivity index (χ0n) is 17.0. The number of anilines is 1. The summed E-state index contributed by atoms with van der Waals surface area (Å²) in [4.78, 5) is 33.9. The van der Waals surface area contributed by atoms with Crippen molar-refractivity contribution in [3.8, 4) is 0 Å². The molecule has 158 valence electrons. The molecule has 0 bridgehead atoms. The number of Topliss-reactive ketones (excluding diaryl/α,β-unsaturated/α-hetero) is 1. The summed E-state index contributed by atoms with van der Waals surface area (Å²) in [7, 11) is 0. The van der Waals surface area contributed by atoms with Crippen LogP contribution in [0.2, 0.25) is 0 Å². The van der Waals surface area contributed by atoms with Crippen LogP contribution in [0.1, 0.15) is 33.6 Å². The molecule has 4 rings (SSSR count). The highest BCUT2D eigenvalue weighted by Gasteiger charge is 2.36. The molecule has 0 aliphatic heterocycles. The summed E-state index contributed by atoms with van der Waals surface area (Å²) in [6.07, 6.45) is 3.23. The fourth-order valence-electron chi connectivity index (χ4n) is 3.66. The number of nitro groups is 1. The van der Waals surface area contributed by atoms with Gasteiger partial charge in [0.2, 0.25) is 0 Å². The lowest BCUT2D eigenvalue weighted by molar-refractivity contribution is -0.385. The Balaban J connectivity index is 1.91. The standard InChI is InChI=1S/C25H20N4O3/c30-25(18-10-2-1-3-11-18)23(20-13-6-8-16-26-20)24(28-22-15-7-9-17-27-22)19-12-4-5-14-21(19)29(31)32/h1-17,23-24H,(H,27,28)/t23-,24+/m1/s1. The van der Waals surface area contributed by atoms with Gasteiger partial charge in [-0.05, 0) is 24.3 Å². The Labute approximate surface area is 185 Å². The molecule has 0 aliphatic carbocycles. The number of ketones is 1. The molecule has 2 aromatic heterocycles. The average molecular weight is 424 g/mol. The van der Waals surface area contributed by atoms with E-state index in [0.29, 0.717) is 22.6 Å². The first-order valence-corrected chi connectivity index (χ1v) is 10.1. The van der Waals surface area contributed by atoms with E-state index in [2.05, 4.69) is 15.3 Å². The molecule has 0 aliphatic rings. The summed E-state index contributed by atoms with van der Waals surface area (Å²) in [6, 6.07) is 25.2. The van der Waals surface area contributed by atoms with Crippen LogP contribution in [0.15, 0.2) is 103 Å². The molecule has 2 heterocycles. The second kappa shape index (κ2) is 9.61. The molecule has 7 heteroatoms. The molecule has 2 aromatic carbocycles. The molecule has 0 saturated heterocycles. The lowest BCUT2D eigenvalue weighted by Crippen LogP contribution is -2.28. The number of carbonyl (C=O) groups is 1. The van der Waals surface area contributed by atoms with E-state index in [9.17, 15) is 14.9 Å². The summed E-state index contributed by atoms with van der Waals surface area (Å²) in [5, 5.41) is 15.1. The van der Waals surface area contributed by atoms with Crippen molar-refractivity contribution >= 4 is 17.3 Å². The topological polar surface area (TPSA) is 98.0 Å². The highest BCUT2D eigenvalue weighted by Crippen LogP contribution is 2.39. The average Bonchev–Trinajstić information content (AvgIpc) is 2.85. The maximum atomic E-state index is 13.8. The van der Waals surface area contributed by atoms with Crippen molar-refractivity contribution in [3.63, 3.8) is 0 Å². The molecule has 0 unspecified atom stereocenters. The van der Waals surface area contributed by atoms with Crippen molar-refractivity contribution in [1.29, 1.82) is 0 Å². The quantitative estimate of drug-likeness (QED) is 0.237. The highest BCUT2D eigenvalue weighted by molar-refractivity contribution is 6.01. The summed E-state index contributed by atoms with van der Waals surface area (Å²) >= 11 is 0. The molecule has 2 atom stereocenters. The van der Waals surface area contributed by atoms with Gasteiger partial charge in [0, 0.05) is 24.0 Å². The summed E-state index contributed by atoms with van der Waals surface area (Å²) in [6.45, 7) is 0. The zero-order chi connectivity index (χ0) is 22.3. The predicted molar refractivity (Wildman–Crippen MR) is 121 cm³/mol. The minimum atomic E-state index is -0.832. The van der Waals surface area contributed by atoms with E-state index in [1.165, 1.54) is 6.07 Å². The van der Waals surface area contributed by atoms with Crippen LogP contribution < -0.4 is 5.32 Å². The van der Waals surface area contributed by atoms with Gasteiger partial charge in [-0.1, -0.05) is 60.7 Å². The van der Waals surface area contributed by atoms with Crippen LogP contribution in [-0.2, 0) is 0 Å². The monoisotopic (exact) mass is 424 g/mol. The minimum absolute atomic E-state index is 0.0808. The molecule has 0 radical (unpaired) electrons. The van der Waals surface area contributed by atoms with Gasteiger partial charge in [0.25, 0.3) is 5.69 Å². The third kappa shape index (κ3) is 4.52. The molecule has 32 heavy (non-hydrogen) atoms. The number of nitrogens with zero attached hydrogens (tertiary/aromatic N) is 3. The first kappa shape index (κ1) is 20.9. The van der Waals surface area contributed by atoms with Crippen molar-refractivity contribution in [3.05, 3.63) is 130 Å². The lowest BCUT2D eigenvalue weighted by atomic mass is 9.83. The van der Waals surface area contributed by atoms with Crippen LogP contribution in [0, 0.1) is 10.1 Å². The van der Waals surface area contributed by atoms with Crippen LogP contribution in [-0.4, -0.2) is 20.7 Å². The smallest absolute Gasteiger partial charge is 0.274 e. The Kier molecular flexibility index (Phi) is 6.27. The van der Waals surface area contributed by atoms with Gasteiger partial charge in [0.1, 0.15) is 5.82 Å². The van der Waals surface area contributed by atoms with Gasteiger partial charge in [-0.3, -0.25) is 19.9 Å². The van der Waals surface area contributed by atoms with Gasteiger partial charge in [0.15, 0.2) is 5.78 Å². The number of para-hydroxylation sites is 1. The molecular weight excluding hydrogens is 404 g/mol. The van der Waals surface area contributed by atoms with E-state index in [1.54, 1.807) is 91.3 Å². The van der Waals surface area contributed by atoms with Gasteiger partial charge in [0.05, 0.1) is 28.1 Å². The van der Waals surface area contributed by atoms with E-state index in [4.69, 9.17) is 0 Å². The van der Waals surface area contributed by atoms with E-state index in [-0.39, 0.29) is 11.5 Å². The highest BCUT2D eigenvalue weighted by atomic mass is 16.6. The van der Waals surface area contributed by atoms with Crippen molar-refractivity contribution < 1.29 is 9.72 Å². The lowest BCUT2D eigenvalue weighted by Gasteiger charge is -2.27. The molecule has 1 N–H and O–H groups in total. The van der Waals surface area contributed by atoms with Crippen molar-refractivity contribution in [1.82, 2.24) is 9.97 Å². The van der Waals surface area contributed by atoms with Crippen LogP contribution in [0.25, 0.3) is 0 Å². The van der Waals surface area contributed by atoms with Gasteiger partial charge < -0.3 is 5.32 Å². The Morgan fingerprint density at radius 3 is 2.12 bits per heavy atom. The van der Waals surface area contributed by atoms with Crippen molar-refractivity contribution in [2.75, 3.05) is 5.32 Å². The number of pyridine rings is 2. The number of rotatable bonds is 8. The second-order valence-corrected chi connectivity index (χ2v) is 7.12. The largest absolute Gasteiger partial charge is 0.362 e. The Hall–Kier alpha value is -4.39. The molecule has 4 aromatic rings.